The van der Waals surface area contributed by atoms with Crippen LogP contribution < -0.4 is 24.3 Å². The summed E-state index contributed by atoms with van der Waals surface area (Å²) >= 11 is 0. The average Bonchev–Trinajstić information content (AvgIpc) is 2.81. The molecule has 0 saturated heterocycles. The van der Waals surface area contributed by atoms with Crippen molar-refractivity contribution in [3.63, 3.8) is 0 Å². The monoisotopic (exact) mass is 407 g/mol. The highest BCUT2D eigenvalue weighted by Gasteiger charge is 2.11. The van der Waals surface area contributed by atoms with Crippen LogP contribution in [0.3, 0.4) is 0 Å². The molecular formula is C25H29NO4. The van der Waals surface area contributed by atoms with Gasteiger partial charge in [0, 0.05) is 12.1 Å². The van der Waals surface area contributed by atoms with Gasteiger partial charge in [0.25, 0.3) is 0 Å². The third-order valence-electron chi connectivity index (χ3n) is 4.86. The van der Waals surface area contributed by atoms with E-state index in [1.807, 2.05) is 42.5 Å². The van der Waals surface area contributed by atoms with Crippen LogP contribution in [-0.2, 0) is 19.6 Å². The fraction of sp³-hybridized carbons (Fsp3) is 0.280. The number of hydrogen-bond acceptors (Lipinski definition) is 5. The number of benzene rings is 3. The molecule has 0 fully saturated rings. The van der Waals surface area contributed by atoms with Gasteiger partial charge in [-0.2, -0.15) is 0 Å². The Morgan fingerprint density at radius 3 is 2.20 bits per heavy atom. The zero-order valence-electron chi connectivity index (χ0n) is 17.8. The molecule has 0 saturated carbocycles. The first-order valence-corrected chi connectivity index (χ1v) is 9.99. The van der Waals surface area contributed by atoms with Crippen LogP contribution in [0.15, 0.2) is 66.7 Å². The van der Waals surface area contributed by atoms with E-state index in [1.54, 1.807) is 21.3 Å². The van der Waals surface area contributed by atoms with Crippen molar-refractivity contribution in [3.05, 3.63) is 83.4 Å². The first-order chi connectivity index (χ1) is 14.7. The van der Waals surface area contributed by atoms with Crippen molar-refractivity contribution < 1.29 is 18.9 Å². The summed E-state index contributed by atoms with van der Waals surface area (Å²) in [6, 6.07) is 22.1. The Balaban J connectivity index is 1.59. The Kier molecular flexibility index (Phi) is 7.98. The smallest absolute Gasteiger partial charge is 0.166 e. The molecule has 0 spiro atoms. The molecule has 3 aromatic carbocycles. The zero-order chi connectivity index (χ0) is 21.2. The second-order valence-corrected chi connectivity index (χ2v) is 6.84. The summed E-state index contributed by atoms with van der Waals surface area (Å²) in [5.74, 6) is 3.01. The van der Waals surface area contributed by atoms with Gasteiger partial charge in [-0.05, 0) is 42.3 Å². The molecule has 3 rings (SSSR count). The van der Waals surface area contributed by atoms with Crippen LogP contribution in [0, 0.1) is 0 Å². The van der Waals surface area contributed by atoms with Crippen molar-refractivity contribution in [2.45, 2.75) is 19.6 Å². The van der Waals surface area contributed by atoms with E-state index < -0.39 is 0 Å². The maximum atomic E-state index is 6.12. The number of para-hydroxylation sites is 1. The molecule has 0 aliphatic rings. The Morgan fingerprint density at radius 1 is 0.700 bits per heavy atom. The molecule has 0 unspecified atom stereocenters. The minimum Gasteiger partial charge on any atom is -0.493 e. The second-order valence-electron chi connectivity index (χ2n) is 6.84. The summed E-state index contributed by atoms with van der Waals surface area (Å²) in [7, 11) is 4.96. The summed E-state index contributed by atoms with van der Waals surface area (Å²) in [6.45, 7) is 2.01. The molecule has 0 aliphatic carbocycles. The molecule has 0 radical (unpaired) electrons. The van der Waals surface area contributed by atoms with Gasteiger partial charge in [0.15, 0.2) is 23.0 Å². The van der Waals surface area contributed by atoms with Gasteiger partial charge >= 0.3 is 0 Å². The van der Waals surface area contributed by atoms with Gasteiger partial charge in [-0.25, -0.2) is 0 Å². The standard InChI is InChI=1S/C25H29NO4/c1-27-22-13-12-19(16-24(22)29-3)14-15-26-17-21-10-7-11-23(28-2)25(21)30-18-20-8-5-4-6-9-20/h4-13,16,26H,14-15,17-18H2,1-3H3. The molecule has 0 amide bonds. The van der Waals surface area contributed by atoms with Crippen molar-refractivity contribution in [2.24, 2.45) is 0 Å². The SMILES string of the molecule is COc1ccc(CCNCc2cccc(OC)c2OCc2ccccc2)cc1OC. The van der Waals surface area contributed by atoms with E-state index in [0.29, 0.717) is 13.2 Å². The molecular weight excluding hydrogens is 378 g/mol. The lowest BCUT2D eigenvalue weighted by atomic mass is 10.1. The lowest BCUT2D eigenvalue weighted by Gasteiger charge is -2.16. The van der Waals surface area contributed by atoms with Crippen molar-refractivity contribution >= 4 is 0 Å². The van der Waals surface area contributed by atoms with Crippen LogP contribution in [0.2, 0.25) is 0 Å². The van der Waals surface area contributed by atoms with Gasteiger partial charge in [0.1, 0.15) is 6.61 Å². The summed E-state index contributed by atoms with van der Waals surface area (Å²) in [4.78, 5) is 0. The molecule has 5 nitrogen and oxygen atoms in total. The summed E-state index contributed by atoms with van der Waals surface area (Å²) < 4.78 is 22.3. The quantitative estimate of drug-likeness (QED) is 0.470. The predicted octanol–water partition coefficient (Wildman–Crippen LogP) is 4.62. The van der Waals surface area contributed by atoms with Gasteiger partial charge in [-0.1, -0.05) is 48.5 Å². The van der Waals surface area contributed by atoms with Crippen LogP contribution in [0.5, 0.6) is 23.0 Å². The number of rotatable bonds is 11. The molecule has 158 valence electrons. The highest BCUT2D eigenvalue weighted by atomic mass is 16.5. The Morgan fingerprint density at radius 2 is 1.47 bits per heavy atom. The van der Waals surface area contributed by atoms with E-state index >= 15 is 0 Å². The van der Waals surface area contributed by atoms with Crippen LogP contribution in [-0.4, -0.2) is 27.9 Å². The molecule has 0 aromatic heterocycles. The lowest BCUT2D eigenvalue weighted by molar-refractivity contribution is 0.280. The number of nitrogens with one attached hydrogen (secondary N) is 1. The van der Waals surface area contributed by atoms with Crippen molar-refractivity contribution in [2.75, 3.05) is 27.9 Å². The third-order valence-corrected chi connectivity index (χ3v) is 4.86. The topological polar surface area (TPSA) is 49.0 Å². The van der Waals surface area contributed by atoms with E-state index in [4.69, 9.17) is 18.9 Å². The largest absolute Gasteiger partial charge is 0.493 e. The summed E-state index contributed by atoms with van der Waals surface area (Å²) in [5.41, 5.74) is 3.37. The van der Waals surface area contributed by atoms with E-state index in [0.717, 1.165) is 47.1 Å². The van der Waals surface area contributed by atoms with Gasteiger partial charge in [0.05, 0.1) is 21.3 Å². The predicted molar refractivity (Wildman–Crippen MR) is 119 cm³/mol. The van der Waals surface area contributed by atoms with Gasteiger partial charge in [-0.3, -0.25) is 0 Å². The molecule has 1 N–H and O–H groups in total. The maximum Gasteiger partial charge on any atom is 0.166 e. The molecule has 0 bridgehead atoms. The Bertz CT molecular complexity index is 928. The van der Waals surface area contributed by atoms with Crippen LogP contribution in [0.25, 0.3) is 0 Å². The summed E-state index contributed by atoms with van der Waals surface area (Å²) in [5, 5.41) is 3.50. The Hall–Kier alpha value is -3.18. The normalized spacial score (nSPS) is 10.5. The van der Waals surface area contributed by atoms with Gasteiger partial charge in [0.2, 0.25) is 0 Å². The minimum atomic E-state index is 0.500. The first-order valence-electron chi connectivity index (χ1n) is 9.99. The number of methoxy groups -OCH3 is 3. The van der Waals surface area contributed by atoms with Gasteiger partial charge in [-0.15, -0.1) is 0 Å². The highest BCUT2D eigenvalue weighted by molar-refractivity contribution is 5.47. The first kappa shape index (κ1) is 21.5. The Labute approximate surface area is 178 Å². The molecule has 0 heterocycles. The van der Waals surface area contributed by atoms with Crippen molar-refractivity contribution in [3.8, 4) is 23.0 Å². The summed E-state index contributed by atoms with van der Waals surface area (Å²) in [6.07, 6.45) is 0.879. The lowest BCUT2D eigenvalue weighted by Crippen LogP contribution is -2.17. The zero-order valence-corrected chi connectivity index (χ0v) is 17.8. The molecule has 5 heteroatoms. The van der Waals surface area contributed by atoms with Crippen LogP contribution in [0.4, 0.5) is 0 Å². The molecule has 30 heavy (non-hydrogen) atoms. The fourth-order valence-electron chi connectivity index (χ4n) is 3.25. The van der Waals surface area contributed by atoms with Crippen LogP contribution in [0.1, 0.15) is 16.7 Å². The van der Waals surface area contributed by atoms with E-state index in [-0.39, 0.29) is 0 Å². The molecule has 0 aliphatic heterocycles. The minimum absolute atomic E-state index is 0.500. The van der Waals surface area contributed by atoms with Crippen molar-refractivity contribution in [1.82, 2.24) is 5.32 Å². The number of ether oxygens (including phenoxy) is 4. The third kappa shape index (κ3) is 5.67. The molecule has 0 atom stereocenters. The maximum absolute atomic E-state index is 6.12. The highest BCUT2D eigenvalue weighted by Crippen LogP contribution is 2.32. The second kappa shape index (κ2) is 11.1. The van der Waals surface area contributed by atoms with E-state index in [9.17, 15) is 0 Å². The van der Waals surface area contributed by atoms with Gasteiger partial charge < -0.3 is 24.3 Å². The van der Waals surface area contributed by atoms with E-state index in [2.05, 4.69) is 29.6 Å². The number of hydrogen-bond donors (Lipinski definition) is 1. The van der Waals surface area contributed by atoms with E-state index in [1.165, 1.54) is 5.56 Å². The van der Waals surface area contributed by atoms with Crippen LogP contribution >= 0.6 is 0 Å². The fourth-order valence-corrected chi connectivity index (χ4v) is 3.25. The van der Waals surface area contributed by atoms with Crippen molar-refractivity contribution in [1.29, 1.82) is 0 Å². The average molecular weight is 408 g/mol. The molecule has 3 aromatic rings.